The van der Waals surface area contributed by atoms with Crippen LogP contribution in [0, 0.1) is 12.7 Å². The minimum atomic E-state index is -0.532. The fourth-order valence-electron chi connectivity index (χ4n) is 3.37. The molecule has 2 heterocycles. The van der Waals surface area contributed by atoms with Crippen LogP contribution < -0.4 is 10.5 Å². The maximum absolute atomic E-state index is 14.3. The lowest BCUT2D eigenvalue weighted by molar-refractivity contribution is 0.0984. The van der Waals surface area contributed by atoms with E-state index in [0.29, 0.717) is 27.2 Å². The molecule has 0 radical (unpaired) electrons. The van der Waals surface area contributed by atoms with Crippen LogP contribution in [-0.4, -0.2) is 15.9 Å². The summed E-state index contributed by atoms with van der Waals surface area (Å²) in [5.41, 5.74) is 1.93. The number of benzene rings is 2. The molecule has 0 atom stereocenters. The van der Waals surface area contributed by atoms with E-state index in [4.69, 9.17) is 11.6 Å². The van der Waals surface area contributed by atoms with Gasteiger partial charge in [0.05, 0.1) is 17.6 Å². The average molecular weight is 422 g/mol. The van der Waals surface area contributed by atoms with Crippen LogP contribution in [0.15, 0.2) is 71.8 Å². The molecule has 150 valence electrons. The molecule has 0 bridgehead atoms. The second kappa shape index (κ2) is 8.08. The van der Waals surface area contributed by atoms with Gasteiger partial charge in [-0.05, 0) is 48.4 Å². The van der Waals surface area contributed by atoms with E-state index in [1.54, 1.807) is 48.7 Å². The zero-order chi connectivity index (χ0) is 21.3. The molecule has 0 aliphatic carbocycles. The maximum atomic E-state index is 14.3. The number of pyridine rings is 2. The number of H-pyrrole nitrogens is 1. The van der Waals surface area contributed by atoms with Gasteiger partial charge in [0.15, 0.2) is 0 Å². The summed E-state index contributed by atoms with van der Waals surface area (Å²) in [6.45, 7) is 1.88. The van der Waals surface area contributed by atoms with Crippen molar-refractivity contribution in [3.63, 3.8) is 0 Å². The van der Waals surface area contributed by atoms with Gasteiger partial charge in [0.1, 0.15) is 5.82 Å². The van der Waals surface area contributed by atoms with Crippen LogP contribution in [0.1, 0.15) is 21.5 Å². The number of nitrogens with zero attached hydrogens (tertiary/aromatic N) is 2. The number of fused-ring (bicyclic) bond motifs is 1. The van der Waals surface area contributed by atoms with E-state index in [0.717, 1.165) is 5.56 Å². The van der Waals surface area contributed by atoms with Gasteiger partial charge in [-0.15, -0.1) is 0 Å². The summed E-state index contributed by atoms with van der Waals surface area (Å²) < 4.78 is 14.3. The van der Waals surface area contributed by atoms with Crippen molar-refractivity contribution in [2.24, 2.45) is 0 Å². The first-order chi connectivity index (χ1) is 14.4. The first kappa shape index (κ1) is 19.8. The van der Waals surface area contributed by atoms with Crippen LogP contribution >= 0.6 is 11.6 Å². The van der Waals surface area contributed by atoms with Crippen LogP contribution in [0.4, 0.5) is 10.1 Å². The minimum Gasteiger partial charge on any atom is -0.319 e. The van der Waals surface area contributed by atoms with Gasteiger partial charge >= 0.3 is 0 Å². The molecule has 7 heteroatoms. The molecule has 0 saturated heterocycles. The second-order valence-corrected chi connectivity index (χ2v) is 7.32. The van der Waals surface area contributed by atoms with Crippen molar-refractivity contribution in [1.29, 1.82) is 0 Å². The zero-order valence-corrected chi connectivity index (χ0v) is 16.8. The van der Waals surface area contributed by atoms with Crippen molar-refractivity contribution < 1.29 is 9.18 Å². The Kier molecular flexibility index (Phi) is 5.33. The first-order valence-electron chi connectivity index (χ1n) is 9.22. The highest BCUT2D eigenvalue weighted by Gasteiger charge is 2.22. The van der Waals surface area contributed by atoms with Crippen molar-refractivity contribution in [1.82, 2.24) is 9.97 Å². The van der Waals surface area contributed by atoms with Gasteiger partial charge in [0.25, 0.3) is 5.91 Å². The van der Waals surface area contributed by atoms with E-state index in [1.165, 1.54) is 23.2 Å². The fraction of sp³-hybridized carbons (Fsp3) is 0.0870. The lowest BCUT2D eigenvalue weighted by Gasteiger charge is -2.24. The molecule has 0 spiro atoms. The van der Waals surface area contributed by atoms with Crippen LogP contribution in [0.25, 0.3) is 10.9 Å². The van der Waals surface area contributed by atoms with E-state index in [-0.39, 0.29) is 18.0 Å². The number of anilines is 1. The Morgan fingerprint density at radius 1 is 1.17 bits per heavy atom. The number of hydrogen-bond donors (Lipinski definition) is 1. The molecule has 0 fully saturated rings. The molecule has 0 saturated carbocycles. The molecular weight excluding hydrogens is 405 g/mol. The summed E-state index contributed by atoms with van der Waals surface area (Å²) in [6.07, 6.45) is 3.12. The zero-order valence-electron chi connectivity index (χ0n) is 16.0. The van der Waals surface area contributed by atoms with Crippen molar-refractivity contribution in [3.8, 4) is 0 Å². The summed E-state index contributed by atoms with van der Waals surface area (Å²) in [6, 6.07) is 14.6. The number of aromatic amines is 1. The number of rotatable bonds is 4. The van der Waals surface area contributed by atoms with Crippen LogP contribution in [0.5, 0.6) is 0 Å². The van der Waals surface area contributed by atoms with Crippen LogP contribution in [-0.2, 0) is 6.54 Å². The smallest absolute Gasteiger partial charge is 0.260 e. The van der Waals surface area contributed by atoms with Gasteiger partial charge < -0.3 is 9.88 Å². The number of nitrogens with one attached hydrogen (secondary N) is 1. The number of aryl methyl sites for hydroxylation is 1. The van der Waals surface area contributed by atoms with Gasteiger partial charge in [-0.1, -0.05) is 29.8 Å². The number of amides is 1. The number of aromatic nitrogens is 2. The molecule has 2 aromatic heterocycles. The van der Waals surface area contributed by atoms with E-state index >= 15 is 0 Å². The predicted molar refractivity (Wildman–Crippen MR) is 115 cm³/mol. The van der Waals surface area contributed by atoms with Crippen molar-refractivity contribution >= 4 is 34.1 Å². The average Bonchev–Trinajstić information content (AvgIpc) is 2.72. The number of para-hydroxylation sites is 1. The number of carbonyl (C=O) groups is 1. The van der Waals surface area contributed by atoms with Gasteiger partial charge in [0, 0.05) is 34.6 Å². The SMILES string of the molecule is Cc1ccncc1C(=O)N(Cc1cc(=O)[nH]c2c(F)cccc12)c1cccc(Cl)c1. The third-order valence-electron chi connectivity index (χ3n) is 4.88. The highest BCUT2D eigenvalue weighted by atomic mass is 35.5. The third-order valence-corrected chi connectivity index (χ3v) is 5.11. The summed E-state index contributed by atoms with van der Waals surface area (Å²) in [5.74, 6) is -0.831. The van der Waals surface area contributed by atoms with Crippen molar-refractivity contribution in [2.75, 3.05) is 4.90 Å². The van der Waals surface area contributed by atoms with Crippen molar-refractivity contribution in [3.05, 3.63) is 105 Å². The van der Waals surface area contributed by atoms with Gasteiger partial charge in [0.2, 0.25) is 5.56 Å². The first-order valence-corrected chi connectivity index (χ1v) is 9.60. The Bertz CT molecular complexity index is 1320. The molecule has 30 heavy (non-hydrogen) atoms. The Balaban J connectivity index is 1.87. The molecule has 0 aliphatic rings. The van der Waals surface area contributed by atoms with Gasteiger partial charge in [-0.2, -0.15) is 0 Å². The molecule has 4 aromatic rings. The monoisotopic (exact) mass is 421 g/mol. The molecule has 5 nitrogen and oxygen atoms in total. The lowest BCUT2D eigenvalue weighted by Crippen LogP contribution is -2.31. The van der Waals surface area contributed by atoms with Crippen molar-refractivity contribution in [2.45, 2.75) is 13.5 Å². The standard InChI is InChI=1S/C23H17ClFN3O2/c1-14-8-9-26-12-19(14)23(30)28(17-5-2-4-16(24)11-17)13-15-10-21(29)27-22-18(15)6-3-7-20(22)25/h2-12H,13H2,1H3,(H,27,29). The summed E-state index contributed by atoms with van der Waals surface area (Å²) >= 11 is 6.16. The summed E-state index contributed by atoms with van der Waals surface area (Å²) in [7, 11) is 0. The highest BCUT2D eigenvalue weighted by molar-refractivity contribution is 6.31. The second-order valence-electron chi connectivity index (χ2n) is 6.88. The van der Waals surface area contributed by atoms with Gasteiger partial charge in [-0.25, -0.2) is 4.39 Å². The molecule has 0 unspecified atom stereocenters. The molecule has 2 aromatic carbocycles. The largest absolute Gasteiger partial charge is 0.319 e. The quantitative estimate of drug-likeness (QED) is 0.511. The fourth-order valence-corrected chi connectivity index (χ4v) is 3.56. The van der Waals surface area contributed by atoms with Gasteiger partial charge in [-0.3, -0.25) is 14.6 Å². The number of halogens is 2. The third kappa shape index (κ3) is 3.82. The molecule has 1 N–H and O–H groups in total. The molecule has 1 amide bonds. The lowest BCUT2D eigenvalue weighted by atomic mass is 10.1. The minimum absolute atomic E-state index is 0.0530. The maximum Gasteiger partial charge on any atom is 0.260 e. The molecular formula is C23H17ClFN3O2. The van der Waals surface area contributed by atoms with E-state index in [2.05, 4.69) is 9.97 Å². The Labute approximate surface area is 176 Å². The van der Waals surface area contributed by atoms with E-state index < -0.39 is 11.4 Å². The predicted octanol–water partition coefficient (Wildman–Crippen LogP) is 4.87. The Hall–Kier alpha value is -3.51. The van der Waals surface area contributed by atoms with Crippen LogP contribution in [0.3, 0.4) is 0 Å². The van der Waals surface area contributed by atoms with E-state index in [9.17, 15) is 14.0 Å². The summed E-state index contributed by atoms with van der Waals surface area (Å²) in [4.78, 5) is 33.7. The normalized spacial score (nSPS) is 10.9. The number of carbonyl (C=O) groups excluding carboxylic acids is 1. The number of hydrogen-bond acceptors (Lipinski definition) is 3. The highest BCUT2D eigenvalue weighted by Crippen LogP contribution is 2.26. The Morgan fingerprint density at radius 3 is 2.73 bits per heavy atom. The van der Waals surface area contributed by atoms with E-state index in [1.807, 2.05) is 6.92 Å². The topological polar surface area (TPSA) is 66.1 Å². The van der Waals surface area contributed by atoms with Crippen LogP contribution in [0.2, 0.25) is 5.02 Å². The Morgan fingerprint density at radius 2 is 1.97 bits per heavy atom. The molecule has 4 rings (SSSR count). The molecule has 0 aliphatic heterocycles. The summed E-state index contributed by atoms with van der Waals surface area (Å²) in [5, 5.41) is 0.993.